The van der Waals surface area contributed by atoms with Gasteiger partial charge in [0, 0.05) is 20.1 Å². The third kappa shape index (κ3) is 8.39. The number of carbonyl (C=O) groups is 1. The van der Waals surface area contributed by atoms with Gasteiger partial charge < -0.3 is 15.8 Å². The molecule has 0 spiro atoms. The van der Waals surface area contributed by atoms with Crippen LogP contribution in [0.15, 0.2) is 0 Å². The minimum Gasteiger partial charge on any atom is -0.383 e. The zero-order valence-corrected chi connectivity index (χ0v) is 9.92. The maximum Gasteiger partial charge on any atom is 0.220 e. The number of hydrogen-bond donors (Lipinski definition) is 2. The van der Waals surface area contributed by atoms with Crippen molar-refractivity contribution >= 4 is 5.91 Å². The average molecular weight is 216 g/mol. The molecule has 0 aromatic rings. The Morgan fingerprint density at radius 2 is 2.20 bits per heavy atom. The maximum absolute atomic E-state index is 11.3. The van der Waals surface area contributed by atoms with Gasteiger partial charge in [0.05, 0.1) is 6.61 Å². The van der Waals surface area contributed by atoms with Gasteiger partial charge in [-0.1, -0.05) is 13.3 Å². The van der Waals surface area contributed by atoms with Crippen molar-refractivity contribution in [3.8, 4) is 0 Å². The third-order valence-electron chi connectivity index (χ3n) is 2.56. The first-order chi connectivity index (χ1) is 7.24. The van der Waals surface area contributed by atoms with Crippen molar-refractivity contribution in [2.24, 2.45) is 11.7 Å². The van der Waals surface area contributed by atoms with Gasteiger partial charge in [0.15, 0.2) is 0 Å². The average Bonchev–Trinajstić information content (AvgIpc) is 2.24. The first kappa shape index (κ1) is 14.4. The molecule has 90 valence electrons. The zero-order valence-electron chi connectivity index (χ0n) is 9.92. The molecule has 4 nitrogen and oxygen atoms in total. The van der Waals surface area contributed by atoms with E-state index in [1.54, 1.807) is 7.11 Å². The van der Waals surface area contributed by atoms with Crippen LogP contribution in [0.25, 0.3) is 0 Å². The molecule has 0 saturated heterocycles. The fourth-order valence-corrected chi connectivity index (χ4v) is 1.50. The molecule has 0 heterocycles. The molecule has 0 bridgehead atoms. The summed E-state index contributed by atoms with van der Waals surface area (Å²) in [7, 11) is 1.63. The summed E-state index contributed by atoms with van der Waals surface area (Å²) < 4.78 is 4.85. The van der Waals surface area contributed by atoms with Crippen molar-refractivity contribution in [3.63, 3.8) is 0 Å². The normalized spacial score (nSPS) is 12.5. The highest BCUT2D eigenvalue weighted by Crippen LogP contribution is 2.13. The smallest absolute Gasteiger partial charge is 0.220 e. The predicted octanol–water partition coefficient (Wildman–Crippen LogP) is 0.904. The molecule has 0 aliphatic heterocycles. The van der Waals surface area contributed by atoms with Gasteiger partial charge in [-0.2, -0.15) is 0 Å². The molecule has 1 unspecified atom stereocenters. The molecule has 0 aromatic heterocycles. The summed E-state index contributed by atoms with van der Waals surface area (Å²) in [4.78, 5) is 11.3. The lowest BCUT2D eigenvalue weighted by molar-refractivity contribution is -0.121. The van der Waals surface area contributed by atoms with Crippen LogP contribution in [0.2, 0.25) is 0 Å². The van der Waals surface area contributed by atoms with E-state index in [1.165, 1.54) is 0 Å². The number of methoxy groups -OCH3 is 1. The van der Waals surface area contributed by atoms with E-state index in [9.17, 15) is 4.79 Å². The van der Waals surface area contributed by atoms with Gasteiger partial charge in [0.2, 0.25) is 5.91 Å². The molecule has 4 heteroatoms. The molecule has 3 N–H and O–H groups in total. The second-order valence-electron chi connectivity index (χ2n) is 3.73. The summed E-state index contributed by atoms with van der Waals surface area (Å²) >= 11 is 0. The summed E-state index contributed by atoms with van der Waals surface area (Å²) in [5, 5.41) is 2.81. The van der Waals surface area contributed by atoms with Crippen LogP contribution in [0.5, 0.6) is 0 Å². The molecule has 0 fully saturated rings. The molecule has 0 aromatic carbocycles. The van der Waals surface area contributed by atoms with Crippen molar-refractivity contribution in [2.45, 2.75) is 32.6 Å². The Kier molecular flexibility index (Phi) is 9.52. The SMILES string of the molecule is CCC(CCN)CCC(=O)NCCOC. The Morgan fingerprint density at radius 1 is 1.47 bits per heavy atom. The Labute approximate surface area is 92.6 Å². The molecule has 0 rings (SSSR count). The number of amides is 1. The number of nitrogens with one attached hydrogen (secondary N) is 1. The van der Waals surface area contributed by atoms with Crippen molar-refractivity contribution in [1.82, 2.24) is 5.32 Å². The summed E-state index contributed by atoms with van der Waals surface area (Å²) in [6.45, 7) is 4.03. The minimum atomic E-state index is 0.113. The molecular weight excluding hydrogens is 192 g/mol. The Hall–Kier alpha value is -0.610. The Balaban J connectivity index is 3.50. The fraction of sp³-hybridized carbons (Fsp3) is 0.909. The van der Waals surface area contributed by atoms with E-state index in [0.717, 1.165) is 19.3 Å². The van der Waals surface area contributed by atoms with E-state index in [-0.39, 0.29) is 5.91 Å². The van der Waals surface area contributed by atoms with E-state index in [0.29, 0.717) is 32.0 Å². The van der Waals surface area contributed by atoms with Crippen molar-refractivity contribution in [3.05, 3.63) is 0 Å². The van der Waals surface area contributed by atoms with Crippen LogP contribution >= 0.6 is 0 Å². The second kappa shape index (κ2) is 9.93. The third-order valence-corrected chi connectivity index (χ3v) is 2.56. The number of carbonyl (C=O) groups excluding carboxylic acids is 1. The van der Waals surface area contributed by atoms with Gasteiger partial charge in [0.25, 0.3) is 0 Å². The quantitative estimate of drug-likeness (QED) is 0.563. The largest absolute Gasteiger partial charge is 0.383 e. The van der Waals surface area contributed by atoms with Gasteiger partial charge >= 0.3 is 0 Å². The molecule has 0 aliphatic rings. The maximum atomic E-state index is 11.3. The topological polar surface area (TPSA) is 64.4 Å². The number of ether oxygens (including phenoxy) is 1. The second-order valence-corrected chi connectivity index (χ2v) is 3.73. The number of hydrogen-bond acceptors (Lipinski definition) is 3. The van der Waals surface area contributed by atoms with Crippen molar-refractivity contribution < 1.29 is 9.53 Å². The lowest BCUT2D eigenvalue weighted by Crippen LogP contribution is -2.27. The van der Waals surface area contributed by atoms with Gasteiger partial charge in [-0.3, -0.25) is 4.79 Å². The van der Waals surface area contributed by atoms with Crippen LogP contribution < -0.4 is 11.1 Å². The Morgan fingerprint density at radius 3 is 2.73 bits per heavy atom. The molecule has 0 radical (unpaired) electrons. The van der Waals surface area contributed by atoms with E-state index in [4.69, 9.17) is 10.5 Å². The predicted molar refractivity (Wildman–Crippen MR) is 61.6 cm³/mol. The highest BCUT2D eigenvalue weighted by molar-refractivity contribution is 5.75. The summed E-state index contributed by atoms with van der Waals surface area (Å²) in [6, 6.07) is 0. The molecular formula is C11H24N2O2. The summed E-state index contributed by atoms with van der Waals surface area (Å²) in [6.07, 6.45) is 3.65. The summed E-state index contributed by atoms with van der Waals surface area (Å²) in [5.74, 6) is 0.700. The first-order valence-electron chi connectivity index (χ1n) is 5.70. The van der Waals surface area contributed by atoms with Gasteiger partial charge in [-0.25, -0.2) is 0 Å². The first-order valence-corrected chi connectivity index (χ1v) is 5.70. The Bertz CT molecular complexity index is 163. The van der Waals surface area contributed by atoms with E-state index in [1.807, 2.05) is 0 Å². The molecule has 0 aliphatic carbocycles. The minimum absolute atomic E-state index is 0.113. The van der Waals surface area contributed by atoms with Crippen LogP contribution in [0, 0.1) is 5.92 Å². The standard InChI is InChI=1S/C11H24N2O2/c1-3-10(6-7-12)4-5-11(14)13-8-9-15-2/h10H,3-9,12H2,1-2H3,(H,13,14). The molecule has 1 atom stereocenters. The lowest BCUT2D eigenvalue weighted by Gasteiger charge is -2.12. The zero-order chi connectivity index (χ0) is 11.5. The van der Waals surface area contributed by atoms with Gasteiger partial charge in [0.1, 0.15) is 0 Å². The number of nitrogens with two attached hydrogens (primary N) is 1. The molecule has 15 heavy (non-hydrogen) atoms. The van der Waals surface area contributed by atoms with Crippen LogP contribution in [-0.2, 0) is 9.53 Å². The van der Waals surface area contributed by atoms with E-state index >= 15 is 0 Å². The van der Waals surface area contributed by atoms with E-state index < -0.39 is 0 Å². The van der Waals surface area contributed by atoms with Crippen LogP contribution in [0.4, 0.5) is 0 Å². The van der Waals surface area contributed by atoms with Crippen LogP contribution in [0.1, 0.15) is 32.6 Å². The van der Waals surface area contributed by atoms with Crippen LogP contribution in [-0.4, -0.2) is 32.7 Å². The highest BCUT2D eigenvalue weighted by atomic mass is 16.5. The highest BCUT2D eigenvalue weighted by Gasteiger charge is 2.08. The number of rotatable bonds is 9. The monoisotopic (exact) mass is 216 g/mol. The fourth-order valence-electron chi connectivity index (χ4n) is 1.50. The van der Waals surface area contributed by atoms with E-state index in [2.05, 4.69) is 12.2 Å². The van der Waals surface area contributed by atoms with Crippen molar-refractivity contribution in [2.75, 3.05) is 26.8 Å². The molecule has 0 saturated carbocycles. The van der Waals surface area contributed by atoms with Gasteiger partial charge in [-0.15, -0.1) is 0 Å². The summed E-state index contributed by atoms with van der Waals surface area (Å²) in [5.41, 5.74) is 5.49. The van der Waals surface area contributed by atoms with Crippen LogP contribution in [0.3, 0.4) is 0 Å². The van der Waals surface area contributed by atoms with Crippen molar-refractivity contribution in [1.29, 1.82) is 0 Å². The molecule has 1 amide bonds. The lowest BCUT2D eigenvalue weighted by atomic mass is 9.96. The van der Waals surface area contributed by atoms with Gasteiger partial charge in [-0.05, 0) is 25.3 Å².